The van der Waals surface area contributed by atoms with Crippen molar-refractivity contribution in [3.05, 3.63) is 64.9 Å². The Bertz CT molecular complexity index is 1320. The van der Waals surface area contributed by atoms with Crippen molar-refractivity contribution in [2.75, 3.05) is 7.11 Å². The highest BCUT2D eigenvalue weighted by Gasteiger charge is 2.37. The SMILES string of the molecule is COc1cc(-c2cc(Cl)c(Sc3ncccc3CO[Si](C)(C)C(C)(C)C)c(CNS(=O)C(C)(C)C)c2)ccn1. The molecule has 0 amide bonds. The summed E-state index contributed by atoms with van der Waals surface area (Å²) < 4.78 is 27.5. The molecule has 0 fully saturated rings. The second kappa shape index (κ2) is 12.8. The number of pyridine rings is 2. The predicted molar refractivity (Wildman–Crippen MR) is 166 cm³/mol. The maximum absolute atomic E-state index is 12.9. The molecule has 3 rings (SSSR count). The smallest absolute Gasteiger partial charge is 0.213 e. The first-order valence-corrected chi connectivity index (χ1v) is 18.1. The van der Waals surface area contributed by atoms with Crippen molar-refractivity contribution in [1.29, 1.82) is 0 Å². The second-order valence-electron chi connectivity index (χ2n) is 11.9. The second-order valence-corrected chi connectivity index (χ2v) is 20.1. The van der Waals surface area contributed by atoms with Crippen molar-refractivity contribution in [3.63, 3.8) is 0 Å². The molecule has 1 atom stereocenters. The highest BCUT2D eigenvalue weighted by molar-refractivity contribution is 7.99. The van der Waals surface area contributed by atoms with Crippen molar-refractivity contribution in [2.24, 2.45) is 0 Å². The standard InChI is InChI=1S/C29H40ClN3O3S2Si/c1-28(2,3)38(34)33-18-23-15-22(20-12-14-31-25(17-20)35-7)16-24(30)26(23)37-27-21(11-10-13-32-27)19-36-39(8,9)29(4,5)6/h10-17,33H,18-19H2,1-9H3. The summed E-state index contributed by atoms with van der Waals surface area (Å²) in [5, 5.41) is 1.54. The molecule has 0 bridgehead atoms. The summed E-state index contributed by atoms with van der Waals surface area (Å²) in [6.45, 7) is 17.9. The van der Waals surface area contributed by atoms with E-state index in [4.69, 9.17) is 25.7 Å². The number of benzene rings is 1. The van der Waals surface area contributed by atoms with Gasteiger partial charge in [-0.3, -0.25) is 0 Å². The van der Waals surface area contributed by atoms with Gasteiger partial charge in [0.05, 0.1) is 34.5 Å². The monoisotopic (exact) mass is 605 g/mol. The van der Waals surface area contributed by atoms with E-state index in [-0.39, 0.29) is 5.04 Å². The molecule has 0 saturated heterocycles. The molecule has 0 saturated carbocycles. The zero-order valence-electron chi connectivity index (χ0n) is 24.3. The predicted octanol–water partition coefficient (Wildman–Crippen LogP) is 8.03. The molecule has 0 aliphatic rings. The number of rotatable bonds is 10. The fraction of sp³-hybridized carbons (Fsp3) is 0.448. The summed E-state index contributed by atoms with van der Waals surface area (Å²) >= 11 is 8.46. The van der Waals surface area contributed by atoms with Crippen molar-refractivity contribution in [2.45, 2.75) is 87.5 Å². The number of nitrogens with zero attached hydrogens (tertiary/aromatic N) is 2. The molecule has 3 aromatic rings. The van der Waals surface area contributed by atoms with E-state index in [1.165, 1.54) is 11.8 Å². The topological polar surface area (TPSA) is 73.3 Å². The summed E-state index contributed by atoms with van der Waals surface area (Å²) in [6.07, 6.45) is 3.50. The molecule has 10 heteroatoms. The molecular formula is C29H40ClN3O3S2Si. The van der Waals surface area contributed by atoms with Crippen LogP contribution in [0.25, 0.3) is 11.1 Å². The van der Waals surface area contributed by atoms with Crippen LogP contribution in [0.2, 0.25) is 23.2 Å². The van der Waals surface area contributed by atoms with Gasteiger partial charge in [0.1, 0.15) is 5.03 Å². The first kappa shape index (κ1) is 31.8. The molecule has 0 radical (unpaired) electrons. The minimum absolute atomic E-state index is 0.110. The van der Waals surface area contributed by atoms with Gasteiger partial charge in [-0.2, -0.15) is 0 Å². The average molecular weight is 606 g/mol. The molecule has 0 aliphatic carbocycles. The summed E-state index contributed by atoms with van der Waals surface area (Å²) in [4.78, 5) is 9.78. The van der Waals surface area contributed by atoms with Crippen LogP contribution in [0.4, 0.5) is 0 Å². The quantitative estimate of drug-likeness (QED) is 0.236. The fourth-order valence-electron chi connectivity index (χ4n) is 3.32. The first-order chi connectivity index (χ1) is 18.1. The van der Waals surface area contributed by atoms with Crippen LogP contribution in [0, 0.1) is 0 Å². The number of hydrogen-bond acceptors (Lipinski definition) is 6. The lowest BCUT2D eigenvalue weighted by molar-refractivity contribution is 0.273. The summed E-state index contributed by atoms with van der Waals surface area (Å²) in [7, 11) is -1.60. The molecule has 2 aromatic heterocycles. The van der Waals surface area contributed by atoms with Crippen LogP contribution >= 0.6 is 23.4 Å². The Morgan fingerprint density at radius 1 is 1.00 bits per heavy atom. The van der Waals surface area contributed by atoms with Crippen LogP contribution in [0.3, 0.4) is 0 Å². The van der Waals surface area contributed by atoms with Crippen molar-refractivity contribution >= 4 is 42.7 Å². The molecule has 6 nitrogen and oxygen atoms in total. The molecule has 1 unspecified atom stereocenters. The Labute approximate surface area is 246 Å². The number of aromatic nitrogens is 2. The Morgan fingerprint density at radius 3 is 2.36 bits per heavy atom. The third-order valence-electron chi connectivity index (χ3n) is 6.79. The lowest BCUT2D eigenvalue weighted by Gasteiger charge is -2.36. The summed E-state index contributed by atoms with van der Waals surface area (Å²) in [5.74, 6) is 0.524. The van der Waals surface area contributed by atoms with Gasteiger partial charge in [-0.05, 0) is 79.9 Å². The van der Waals surface area contributed by atoms with Crippen LogP contribution in [-0.2, 0) is 28.6 Å². The Kier molecular flexibility index (Phi) is 10.5. The van der Waals surface area contributed by atoms with Crippen LogP contribution in [0.1, 0.15) is 52.7 Å². The normalized spacial score (nSPS) is 13.4. The summed E-state index contributed by atoms with van der Waals surface area (Å²) in [6, 6.07) is 11.8. The summed E-state index contributed by atoms with van der Waals surface area (Å²) in [5.41, 5.74) is 3.80. The van der Waals surface area contributed by atoms with Gasteiger partial charge in [-0.1, -0.05) is 50.2 Å². The van der Waals surface area contributed by atoms with Crippen LogP contribution < -0.4 is 9.46 Å². The van der Waals surface area contributed by atoms with Gasteiger partial charge in [-0.15, -0.1) is 0 Å². The van der Waals surface area contributed by atoms with Crippen molar-refractivity contribution in [1.82, 2.24) is 14.7 Å². The number of nitrogens with one attached hydrogen (secondary N) is 1. The molecule has 1 aromatic carbocycles. The highest BCUT2D eigenvalue weighted by atomic mass is 35.5. The lowest BCUT2D eigenvalue weighted by atomic mass is 10.0. The van der Waals surface area contributed by atoms with Crippen LogP contribution in [0.5, 0.6) is 5.88 Å². The first-order valence-electron chi connectivity index (χ1n) is 12.9. The Balaban J connectivity index is 2.00. The molecular weight excluding hydrogens is 566 g/mol. The van der Waals surface area contributed by atoms with E-state index in [9.17, 15) is 4.21 Å². The van der Waals surface area contributed by atoms with E-state index in [2.05, 4.69) is 55.7 Å². The van der Waals surface area contributed by atoms with Gasteiger partial charge in [0.25, 0.3) is 0 Å². The van der Waals surface area contributed by atoms with E-state index >= 15 is 0 Å². The number of halogens is 1. The van der Waals surface area contributed by atoms with Gasteiger partial charge in [0.15, 0.2) is 8.32 Å². The number of ether oxygens (including phenoxy) is 1. The Hall–Kier alpha value is -1.75. The lowest BCUT2D eigenvalue weighted by Crippen LogP contribution is -2.40. The van der Waals surface area contributed by atoms with Crippen LogP contribution in [0.15, 0.2) is 58.7 Å². The third kappa shape index (κ3) is 8.37. The van der Waals surface area contributed by atoms with Crippen molar-refractivity contribution < 1.29 is 13.4 Å². The van der Waals surface area contributed by atoms with E-state index < -0.39 is 24.1 Å². The maximum Gasteiger partial charge on any atom is 0.213 e. The average Bonchev–Trinajstić information content (AvgIpc) is 2.86. The minimum Gasteiger partial charge on any atom is -0.481 e. The largest absolute Gasteiger partial charge is 0.481 e. The van der Waals surface area contributed by atoms with E-state index in [1.54, 1.807) is 19.5 Å². The molecule has 212 valence electrons. The maximum atomic E-state index is 12.9. The van der Waals surface area contributed by atoms with Gasteiger partial charge >= 0.3 is 0 Å². The van der Waals surface area contributed by atoms with E-state index in [0.29, 0.717) is 24.1 Å². The minimum atomic E-state index is -1.94. The zero-order valence-corrected chi connectivity index (χ0v) is 27.7. The van der Waals surface area contributed by atoms with Gasteiger partial charge in [0.2, 0.25) is 5.88 Å². The Morgan fingerprint density at radius 2 is 1.72 bits per heavy atom. The van der Waals surface area contributed by atoms with E-state index in [0.717, 1.165) is 32.2 Å². The van der Waals surface area contributed by atoms with Crippen molar-refractivity contribution in [3.8, 4) is 17.0 Å². The molecule has 0 aliphatic heterocycles. The molecule has 1 N–H and O–H groups in total. The van der Waals surface area contributed by atoms with Crippen LogP contribution in [-0.4, -0.2) is 34.4 Å². The number of methoxy groups -OCH3 is 1. The third-order valence-corrected chi connectivity index (χ3v) is 14.4. The highest BCUT2D eigenvalue weighted by Crippen LogP contribution is 2.41. The van der Waals surface area contributed by atoms with E-state index in [1.807, 2.05) is 45.0 Å². The zero-order chi connectivity index (χ0) is 29.0. The number of hydrogen-bond donors (Lipinski definition) is 1. The fourth-order valence-corrected chi connectivity index (χ4v) is 6.33. The molecule has 39 heavy (non-hydrogen) atoms. The molecule has 2 heterocycles. The van der Waals surface area contributed by atoms with Gasteiger partial charge < -0.3 is 9.16 Å². The van der Waals surface area contributed by atoms with Gasteiger partial charge in [0, 0.05) is 35.5 Å². The molecule has 0 spiro atoms. The van der Waals surface area contributed by atoms with Gasteiger partial charge in [-0.25, -0.2) is 18.9 Å².